The number of benzene rings is 2. The number of aliphatic hydroxyl groups is 1. The average Bonchev–Trinajstić information content (AvgIpc) is 3.01. The number of ether oxygens (including phenoxy) is 1. The molecule has 1 amide bonds. The van der Waals surface area contributed by atoms with Crippen LogP contribution >= 0.6 is 0 Å². The Labute approximate surface area is 178 Å². The second-order valence-corrected chi connectivity index (χ2v) is 7.63. The number of likely N-dealkylation sites (tertiary alicyclic amines) is 1. The minimum atomic E-state index is -0.637. The molecule has 0 aliphatic carbocycles. The van der Waals surface area contributed by atoms with Gasteiger partial charge in [0.2, 0.25) is 0 Å². The van der Waals surface area contributed by atoms with Gasteiger partial charge in [-0.15, -0.1) is 0 Å². The molecule has 158 valence electrons. The monoisotopic (exact) mass is 407 g/mol. The van der Waals surface area contributed by atoms with Crippen molar-refractivity contribution in [2.24, 2.45) is 0 Å². The number of methoxy groups -OCH3 is 1. The molecule has 1 fully saturated rings. The third-order valence-electron chi connectivity index (χ3n) is 5.66. The third-order valence-corrected chi connectivity index (χ3v) is 5.66. The number of nitrogens with zero attached hydrogens (tertiary/aromatic N) is 1. The zero-order valence-corrected chi connectivity index (χ0v) is 18.1. The smallest absolute Gasteiger partial charge is 0.295 e. The van der Waals surface area contributed by atoms with E-state index in [4.69, 9.17) is 4.74 Å². The SMILES string of the molecule is CCCCN1C(=O)C(=O)/C(=C(\O)c2ccc(OC)c(C)c2)C1c1ccc(CC)cc1. The fourth-order valence-electron chi connectivity index (χ4n) is 3.90. The summed E-state index contributed by atoms with van der Waals surface area (Å²) in [5.74, 6) is -0.647. The Hall–Kier alpha value is -3.08. The number of aliphatic hydroxyl groups excluding tert-OH is 1. The lowest BCUT2D eigenvalue weighted by Crippen LogP contribution is -2.30. The number of ketones is 1. The van der Waals surface area contributed by atoms with E-state index in [0.717, 1.165) is 30.4 Å². The van der Waals surface area contributed by atoms with E-state index in [2.05, 4.69) is 6.92 Å². The summed E-state index contributed by atoms with van der Waals surface area (Å²) in [6, 6.07) is 12.5. The van der Waals surface area contributed by atoms with Gasteiger partial charge in [0.25, 0.3) is 11.7 Å². The highest BCUT2D eigenvalue weighted by molar-refractivity contribution is 6.46. The number of unbranched alkanes of at least 4 members (excludes halogenated alkanes) is 1. The third kappa shape index (κ3) is 3.97. The molecule has 5 heteroatoms. The van der Waals surface area contributed by atoms with Crippen LogP contribution < -0.4 is 4.74 Å². The van der Waals surface area contributed by atoms with Crippen molar-refractivity contribution in [1.29, 1.82) is 0 Å². The van der Waals surface area contributed by atoms with Crippen LogP contribution in [-0.4, -0.2) is 35.4 Å². The van der Waals surface area contributed by atoms with Crippen LogP contribution in [-0.2, 0) is 16.0 Å². The summed E-state index contributed by atoms with van der Waals surface area (Å²) in [5.41, 5.74) is 3.48. The summed E-state index contributed by atoms with van der Waals surface area (Å²) >= 11 is 0. The Morgan fingerprint density at radius 2 is 1.80 bits per heavy atom. The number of rotatable bonds is 7. The van der Waals surface area contributed by atoms with Crippen molar-refractivity contribution in [3.63, 3.8) is 0 Å². The van der Waals surface area contributed by atoms with Crippen molar-refractivity contribution in [1.82, 2.24) is 4.90 Å². The first kappa shape index (κ1) is 21.6. The Morgan fingerprint density at radius 1 is 1.10 bits per heavy atom. The number of hydrogen-bond acceptors (Lipinski definition) is 4. The number of amides is 1. The molecule has 5 nitrogen and oxygen atoms in total. The fraction of sp³-hybridized carbons (Fsp3) is 0.360. The van der Waals surface area contributed by atoms with E-state index < -0.39 is 17.7 Å². The molecule has 0 spiro atoms. The zero-order valence-electron chi connectivity index (χ0n) is 18.1. The van der Waals surface area contributed by atoms with Gasteiger partial charge in [0.05, 0.1) is 18.7 Å². The minimum absolute atomic E-state index is 0.143. The Morgan fingerprint density at radius 3 is 2.37 bits per heavy atom. The lowest BCUT2D eigenvalue weighted by Gasteiger charge is -2.25. The van der Waals surface area contributed by atoms with Gasteiger partial charge in [0, 0.05) is 12.1 Å². The highest BCUT2D eigenvalue weighted by atomic mass is 16.5. The maximum absolute atomic E-state index is 13.0. The van der Waals surface area contributed by atoms with Crippen molar-refractivity contribution in [3.05, 3.63) is 70.3 Å². The van der Waals surface area contributed by atoms with Gasteiger partial charge in [-0.1, -0.05) is 44.5 Å². The Balaban J connectivity index is 2.14. The van der Waals surface area contributed by atoms with Crippen molar-refractivity contribution >= 4 is 17.4 Å². The van der Waals surface area contributed by atoms with Crippen LogP contribution in [0.25, 0.3) is 5.76 Å². The molecule has 1 unspecified atom stereocenters. The zero-order chi connectivity index (χ0) is 21.8. The van der Waals surface area contributed by atoms with E-state index in [1.165, 1.54) is 5.56 Å². The minimum Gasteiger partial charge on any atom is -0.507 e. The lowest BCUT2D eigenvalue weighted by atomic mass is 9.94. The Kier molecular flexibility index (Phi) is 6.60. The standard InChI is InChI=1S/C25H29NO4/c1-5-7-14-26-22(18-10-8-17(6-2)9-11-18)21(24(28)25(26)29)23(27)19-12-13-20(30-4)16(3)15-19/h8-13,15,22,27H,5-7,14H2,1-4H3/b23-21-. The highest BCUT2D eigenvalue weighted by Gasteiger charge is 2.45. The second-order valence-electron chi connectivity index (χ2n) is 7.63. The molecule has 0 radical (unpaired) electrons. The van der Waals surface area contributed by atoms with Crippen LogP contribution in [0.4, 0.5) is 0 Å². The molecular formula is C25H29NO4. The van der Waals surface area contributed by atoms with Crippen molar-refractivity contribution < 1.29 is 19.4 Å². The van der Waals surface area contributed by atoms with Crippen LogP contribution in [0, 0.1) is 6.92 Å². The summed E-state index contributed by atoms with van der Waals surface area (Å²) in [4.78, 5) is 27.4. The Bertz CT molecular complexity index is 975. The normalized spacial score (nSPS) is 18.1. The number of Topliss-reactive ketones (excluding diaryl/α,β-unsaturated/α-hetero) is 1. The van der Waals surface area contributed by atoms with Gasteiger partial charge in [0.15, 0.2) is 0 Å². The molecule has 0 bridgehead atoms. The van der Waals surface area contributed by atoms with Crippen LogP contribution in [0.1, 0.15) is 55.0 Å². The number of carbonyl (C=O) groups excluding carboxylic acids is 2. The van der Waals surface area contributed by atoms with Crippen molar-refractivity contribution in [3.8, 4) is 5.75 Å². The topological polar surface area (TPSA) is 66.8 Å². The summed E-state index contributed by atoms with van der Waals surface area (Å²) in [5, 5.41) is 11.1. The van der Waals surface area contributed by atoms with Crippen LogP contribution in [0.5, 0.6) is 5.75 Å². The molecule has 1 N–H and O–H groups in total. The predicted octanol–water partition coefficient (Wildman–Crippen LogP) is 4.79. The fourth-order valence-corrected chi connectivity index (χ4v) is 3.90. The highest BCUT2D eigenvalue weighted by Crippen LogP contribution is 2.40. The first-order valence-corrected chi connectivity index (χ1v) is 10.4. The van der Waals surface area contributed by atoms with E-state index in [0.29, 0.717) is 17.9 Å². The van der Waals surface area contributed by atoms with Crippen molar-refractivity contribution in [2.75, 3.05) is 13.7 Å². The average molecular weight is 408 g/mol. The molecule has 1 saturated heterocycles. The maximum atomic E-state index is 13.0. The van der Waals surface area contributed by atoms with Gasteiger partial charge in [0.1, 0.15) is 11.5 Å². The molecule has 2 aromatic rings. The first-order valence-electron chi connectivity index (χ1n) is 10.4. The van der Waals surface area contributed by atoms with Gasteiger partial charge in [-0.25, -0.2) is 0 Å². The summed E-state index contributed by atoms with van der Waals surface area (Å²) in [7, 11) is 1.58. The quantitative estimate of drug-likeness (QED) is 0.407. The van der Waals surface area contributed by atoms with Crippen LogP contribution in [0.2, 0.25) is 0 Å². The van der Waals surface area contributed by atoms with E-state index in [-0.39, 0.29) is 11.3 Å². The van der Waals surface area contributed by atoms with E-state index >= 15 is 0 Å². The second kappa shape index (κ2) is 9.16. The van der Waals surface area contributed by atoms with Gasteiger partial charge in [-0.3, -0.25) is 9.59 Å². The molecule has 1 aliphatic heterocycles. The number of hydrogen-bond donors (Lipinski definition) is 1. The number of carbonyl (C=O) groups is 2. The molecule has 1 aliphatic rings. The molecule has 1 heterocycles. The van der Waals surface area contributed by atoms with E-state index in [1.807, 2.05) is 38.1 Å². The van der Waals surface area contributed by atoms with Gasteiger partial charge >= 0.3 is 0 Å². The molecule has 2 aromatic carbocycles. The van der Waals surface area contributed by atoms with Crippen LogP contribution in [0.3, 0.4) is 0 Å². The number of aryl methyl sites for hydroxylation is 2. The first-order chi connectivity index (χ1) is 14.4. The largest absolute Gasteiger partial charge is 0.507 e. The summed E-state index contributed by atoms with van der Waals surface area (Å²) in [6.07, 6.45) is 2.60. The molecule has 0 aromatic heterocycles. The molecule has 1 atom stereocenters. The van der Waals surface area contributed by atoms with Gasteiger partial charge in [-0.05, 0) is 54.7 Å². The maximum Gasteiger partial charge on any atom is 0.295 e. The predicted molar refractivity (Wildman–Crippen MR) is 117 cm³/mol. The van der Waals surface area contributed by atoms with Gasteiger partial charge < -0.3 is 14.7 Å². The van der Waals surface area contributed by atoms with E-state index in [9.17, 15) is 14.7 Å². The summed E-state index contributed by atoms with van der Waals surface area (Å²) < 4.78 is 5.29. The summed E-state index contributed by atoms with van der Waals surface area (Å²) in [6.45, 7) is 6.46. The molecular weight excluding hydrogens is 378 g/mol. The van der Waals surface area contributed by atoms with Crippen LogP contribution in [0.15, 0.2) is 48.0 Å². The van der Waals surface area contributed by atoms with Crippen molar-refractivity contribution in [2.45, 2.75) is 46.1 Å². The van der Waals surface area contributed by atoms with E-state index in [1.54, 1.807) is 30.2 Å². The molecule has 3 rings (SSSR count). The molecule has 0 saturated carbocycles. The van der Waals surface area contributed by atoms with Gasteiger partial charge in [-0.2, -0.15) is 0 Å². The molecule has 30 heavy (non-hydrogen) atoms. The lowest BCUT2D eigenvalue weighted by molar-refractivity contribution is -0.139.